The van der Waals surface area contributed by atoms with E-state index >= 15 is 0 Å². The highest BCUT2D eigenvalue weighted by Crippen LogP contribution is 1.85. The average Bonchev–Trinajstić information content (AvgIpc) is 2.26. The van der Waals surface area contributed by atoms with Gasteiger partial charge < -0.3 is 16.4 Å². The Morgan fingerprint density at radius 3 is 1.80 bits per heavy atom. The molecule has 5 heteroatoms. The molecule has 5 N–H and O–H groups in total. The van der Waals surface area contributed by atoms with Gasteiger partial charge in [0.1, 0.15) is 0 Å². The van der Waals surface area contributed by atoms with Crippen LogP contribution in [0.4, 0.5) is 4.48 Å². The normalized spacial score (nSPS) is 10.8. The molecule has 0 saturated carbocycles. The lowest BCUT2D eigenvalue weighted by Crippen LogP contribution is -2.22. The van der Waals surface area contributed by atoms with E-state index in [9.17, 15) is 4.48 Å². The predicted molar refractivity (Wildman–Crippen MR) is 62.4 cm³/mol. The highest BCUT2D eigenvalue weighted by Gasteiger charge is 1.90. The van der Waals surface area contributed by atoms with Crippen molar-refractivity contribution in [2.45, 2.75) is 25.7 Å². The van der Waals surface area contributed by atoms with E-state index in [1.165, 1.54) is 12.8 Å². The minimum Gasteiger partial charge on any atom is -0.330 e. The Hall–Kier alpha value is -0.230. The van der Waals surface area contributed by atoms with E-state index in [0.717, 1.165) is 45.6 Å². The highest BCUT2D eigenvalue weighted by molar-refractivity contribution is 4.52. The Balaban J connectivity index is 2.81. The van der Waals surface area contributed by atoms with Gasteiger partial charge in [-0.15, -0.1) is 4.48 Å². The van der Waals surface area contributed by atoms with Crippen LogP contribution in [0.2, 0.25) is 0 Å². The molecule has 0 unspecified atom stereocenters. The maximum absolute atomic E-state index is 11.5. The van der Waals surface area contributed by atoms with E-state index < -0.39 is 0 Å². The molecule has 0 radical (unpaired) electrons. The Kier molecular flexibility index (Phi) is 13.6. The first-order chi connectivity index (χ1) is 7.41. The first-order valence-corrected chi connectivity index (χ1v) is 5.86. The van der Waals surface area contributed by atoms with Crippen LogP contribution in [0.1, 0.15) is 25.7 Å². The van der Waals surface area contributed by atoms with Crippen molar-refractivity contribution < 1.29 is 4.48 Å². The Labute approximate surface area is 92.1 Å². The summed E-state index contributed by atoms with van der Waals surface area (Å²) in [6, 6.07) is 0. The second-order valence-electron chi connectivity index (χ2n) is 3.59. The molecule has 0 aliphatic heterocycles. The number of rotatable bonds is 12. The molecule has 0 aromatic rings. The molecule has 0 aliphatic carbocycles. The molecular formula is C10H25FN4. The van der Waals surface area contributed by atoms with Gasteiger partial charge in [-0.2, -0.15) is 5.54 Å². The molecule has 4 nitrogen and oxygen atoms in total. The van der Waals surface area contributed by atoms with Crippen LogP contribution in [-0.4, -0.2) is 39.3 Å². The minimum absolute atomic E-state index is 0.438. The van der Waals surface area contributed by atoms with Gasteiger partial charge in [0.15, 0.2) is 0 Å². The average molecular weight is 220 g/mol. The summed E-state index contributed by atoms with van der Waals surface area (Å²) in [7, 11) is 0. The van der Waals surface area contributed by atoms with Gasteiger partial charge in [-0.25, -0.2) is 0 Å². The Morgan fingerprint density at radius 1 is 0.733 bits per heavy atom. The largest absolute Gasteiger partial charge is 0.330 e. The van der Waals surface area contributed by atoms with Crippen LogP contribution < -0.4 is 21.9 Å². The Morgan fingerprint density at radius 2 is 1.27 bits per heavy atom. The molecule has 0 aromatic carbocycles. The summed E-state index contributed by atoms with van der Waals surface area (Å²) in [4.78, 5) is 0. The van der Waals surface area contributed by atoms with E-state index in [0.29, 0.717) is 6.54 Å². The van der Waals surface area contributed by atoms with Crippen molar-refractivity contribution >= 4 is 0 Å². The summed E-state index contributed by atoms with van der Waals surface area (Å²) in [6.07, 6.45) is 4.23. The monoisotopic (exact) mass is 220 g/mol. The first-order valence-electron chi connectivity index (χ1n) is 5.86. The van der Waals surface area contributed by atoms with Crippen molar-refractivity contribution in [3.05, 3.63) is 0 Å². The molecule has 0 atom stereocenters. The molecule has 0 aliphatic rings. The van der Waals surface area contributed by atoms with Crippen molar-refractivity contribution in [2.24, 2.45) is 5.73 Å². The molecule has 0 heterocycles. The smallest absolute Gasteiger partial charge is 0.0271 e. The van der Waals surface area contributed by atoms with Crippen molar-refractivity contribution in [1.82, 2.24) is 16.2 Å². The molecule has 0 amide bonds. The lowest BCUT2D eigenvalue weighted by atomic mass is 10.3. The quantitative estimate of drug-likeness (QED) is 0.279. The molecular weight excluding hydrogens is 195 g/mol. The maximum Gasteiger partial charge on any atom is 0.0271 e. The summed E-state index contributed by atoms with van der Waals surface area (Å²) >= 11 is 0. The number of hydrogen-bond acceptors (Lipinski definition) is 4. The van der Waals surface area contributed by atoms with E-state index in [4.69, 9.17) is 5.73 Å². The van der Waals surface area contributed by atoms with E-state index in [-0.39, 0.29) is 0 Å². The molecule has 0 bridgehead atoms. The van der Waals surface area contributed by atoms with Crippen LogP contribution >= 0.6 is 0 Å². The van der Waals surface area contributed by atoms with Crippen LogP contribution in [-0.2, 0) is 0 Å². The molecule has 92 valence electrons. The van der Waals surface area contributed by atoms with Crippen molar-refractivity contribution in [3.8, 4) is 0 Å². The van der Waals surface area contributed by atoms with Crippen molar-refractivity contribution in [2.75, 3.05) is 39.3 Å². The van der Waals surface area contributed by atoms with Crippen LogP contribution in [0.25, 0.3) is 0 Å². The van der Waals surface area contributed by atoms with Crippen LogP contribution in [0, 0.1) is 0 Å². The summed E-state index contributed by atoms with van der Waals surface area (Å²) < 4.78 is 11.5. The zero-order chi connectivity index (χ0) is 11.2. The fraction of sp³-hybridized carbons (Fsp3) is 1.00. The van der Waals surface area contributed by atoms with Crippen LogP contribution in [0.15, 0.2) is 0 Å². The lowest BCUT2D eigenvalue weighted by molar-refractivity contribution is 0.330. The molecule has 0 rings (SSSR count). The summed E-state index contributed by atoms with van der Waals surface area (Å²) in [5, 5.41) is 6.60. The second kappa shape index (κ2) is 13.8. The van der Waals surface area contributed by atoms with Gasteiger partial charge in [-0.1, -0.05) is 0 Å². The molecule has 0 fully saturated rings. The van der Waals surface area contributed by atoms with E-state index in [1.54, 1.807) is 5.54 Å². The minimum atomic E-state index is 0.438. The summed E-state index contributed by atoms with van der Waals surface area (Å²) in [6.45, 7) is 5.19. The Bertz CT molecular complexity index is 102. The van der Waals surface area contributed by atoms with Gasteiger partial charge >= 0.3 is 0 Å². The van der Waals surface area contributed by atoms with Crippen LogP contribution in [0.5, 0.6) is 0 Å². The van der Waals surface area contributed by atoms with Gasteiger partial charge in [0.05, 0.1) is 0 Å². The first kappa shape index (κ1) is 14.8. The molecule has 0 spiro atoms. The number of nitrogens with one attached hydrogen (secondary N) is 3. The van der Waals surface area contributed by atoms with Crippen molar-refractivity contribution in [1.29, 1.82) is 0 Å². The standard InChI is InChI=1S/C10H25FN4/c11-15-10-4-9-14-7-2-1-6-13-8-3-5-12/h13-15H,1-10,12H2. The van der Waals surface area contributed by atoms with Gasteiger partial charge in [-0.05, 0) is 58.4 Å². The fourth-order valence-corrected chi connectivity index (χ4v) is 1.26. The molecule has 15 heavy (non-hydrogen) atoms. The zero-order valence-corrected chi connectivity index (χ0v) is 9.53. The zero-order valence-electron chi connectivity index (χ0n) is 9.53. The van der Waals surface area contributed by atoms with Gasteiger partial charge in [0.25, 0.3) is 0 Å². The van der Waals surface area contributed by atoms with Crippen LogP contribution in [0.3, 0.4) is 0 Å². The number of hydrogen-bond donors (Lipinski definition) is 4. The summed E-state index contributed by atoms with van der Waals surface area (Å²) in [5.74, 6) is 0. The third-order valence-electron chi connectivity index (χ3n) is 2.14. The maximum atomic E-state index is 11.5. The fourth-order valence-electron chi connectivity index (χ4n) is 1.26. The van der Waals surface area contributed by atoms with E-state index in [2.05, 4.69) is 10.6 Å². The van der Waals surface area contributed by atoms with Gasteiger partial charge in [0, 0.05) is 6.54 Å². The number of halogens is 1. The third kappa shape index (κ3) is 13.8. The van der Waals surface area contributed by atoms with Crippen molar-refractivity contribution in [3.63, 3.8) is 0 Å². The lowest BCUT2D eigenvalue weighted by Gasteiger charge is -2.05. The number of nitrogens with two attached hydrogens (primary N) is 1. The number of unbranched alkanes of at least 4 members (excludes halogenated alkanes) is 1. The van der Waals surface area contributed by atoms with E-state index in [1.807, 2.05) is 0 Å². The SMILES string of the molecule is NCCCNCCCCNCCCNF. The summed E-state index contributed by atoms with van der Waals surface area (Å²) in [5.41, 5.74) is 7.01. The highest BCUT2D eigenvalue weighted by atomic mass is 19.2. The third-order valence-corrected chi connectivity index (χ3v) is 2.14. The van der Waals surface area contributed by atoms with Gasteiger partial charge in [-0.3, -0.25) is 0 Å². The molecule has 0 saturated heterocycles. The van der Waals surface area contributed by atoms with Gasteiger partial charge in [0.2, 0.25) is 0 Å². The molecule has 0 aromatic heterocycles. The predicted octanol–water partition coefficient (Wildman–Crippen LogP) is 0.159. The topological polar surface area (TPSA) is 62.1 Å². The second-order valence-corrected chi connectivity index (χ2v) is 3.59.